The number of halogens is 2. The van der Waals surface area contributed by atoms with Gasteiger partial charge < -0.3 is 19.7 Å². The maximum absolute atomic E-state index is 12.9. The maximum Gasteiger partial charge on any atom is 0.193 e. The first-order valence-corrected chi connectivity index (χ1v) is 10.1. The van der Waals surface area contributed by atoms with Gasteiger partial charge >= 0.3 is 0 Å². The Bertz CT molecular complexity index is 563. The van der Waals surface area contributed by atoms with Gasteiger partial charge in [-0.25, -0.2) is 4.39 Å². The van der Waals surface area contributed by atoms with E-state index in [0.29, 0.717) is 18.9 Å². The van der Waals surface area contributed by atoms with Crippen LogP contribution in [0.15, 0.2) is 29.3 Å². The summed E-state index contributed by atoms with van der Waals surface area (Å²) in [5, 5.41) is 3.52. The smallest absolute Gasteiger partial charge is 0.193 e. The average molecular weight is 511 g/mol. The van der Waals surface area contributed by atoms with Crippen LogP contribution < -0.4 is 10.1 Å². The Labute approximate surface area is 183 Å². The van der Waals surface area contributed by atoms with E-state index >= 15 is 0 Å². The molecule has 1 N–H and O–H groups in total. The van der Waals surface area contributed by atoms with Crippen LogP contribution >= 0.6 is 35.7 Å². The average Bonchev–Trinajstić information content (AvgIpc) is 2.65. The Balaban J connectivity index is 0.00000364. The third-order valence-corrected chi connectivity index (χ3v) is 5.96. The van der Waals surface area contributed by atoms with Gasteiger partial charge in [-0.15, -0.1) is 24.0 Å². The summed E-state index contributed by atoms with van der Waals surface area (Å²) in [6, 6.07) is 6.08. The lowest BCUT2D eigenvalue weighted by Crippen LogP contribution is -2.49. The Hall–Kier alpha value is -0.740. The van der Waals surface area contributed by atoms with Crippen LogP contribution in [0.1, 0.15) is 19.8 Å². The van der Waals surface area contributed by atoms with Crippen molar-refractivity contribution in [3.8, 4) is 5.75 Å². The molecular formula is C19H31FIN3O2S. The van der Waals surface area contributed by atoms with E-state index in [0.717, 1.165) is 44.3 Å². The van der Waals surface area contributed by atoms with Crippen molar-refractivity contribution >= 4 is 41.7 Å². The lowest BCUT2D eigenvalue weighted by atomic mass is 9.99. The third-order valence-electron chi connectivity index (χ3n) is 4.51. The van der Waals surface area contributed by atoms with Gasteiger partial charge in [-0.1, -0.05) is 6.92 Å². The molecule has 0 amide bonds. The van der Waals surface area contributed by atoms with E-state index in [1.165, 1.54) is 12.1 Å². The molecule has 1 fully saturated rings. The van der Waals surface area contributed by atoms with E-state index in [1.807, 2.05) is 23.7 Å². The minimum Gasteiger partial charge on any atom is -0.492 e. The monoisotopic (exact) mass is 511 g/mol. The summed E-state index contributed by atoms with van der Waals surface area (Å²) in [5.41, 5.74) is 0. The van der Waals surface area contributed by atoms with Gasteiger partial charge in [-0.05, 0) is 42.9 Å². The third kappa shape index (κ3) is 8.03. The van der Waals surface area contributed by atoms with Gasteiger partial charge in [0.1, 0.15) is 18.2 Å². The van der Waals surface area contributed by atoms with Gasteiger partial charge in [0.25, 0.3) is 0 Å². The molecule has 0 atom stereocenters. The van der Waals surface area contributed by atoms with Crippen LogP contribution in [0.2, 0.25) is 0 Å². The lowest BCUT2D eigenvalue weighted by Gasteiger charge is -2.37. The van der Waals surface area contributed by atoms with Crippen molar-refractivity contribution < 1.29 is 13.9 Å². The molecule has 1 aliphatic heterocycles. The standard InChI is InChI=1S/C19H30FN3O2S.HI/c1-4-26-19(9-12-24-13-10-19)15-22-18(21-2)23(3)11-14-25-17-7-5-16(20)6-8-17;/h5-8H,4,9-15H2,1-3H3,(H,21,22);1H. The summed E-state index contributed by atoms with van der Waals surface area (Å²) >= 11 is 2.01. The van der Waals surface area contributed by atoms with Crippen LogP contribution in [0.3, 0.4) is 0 Å². The first kappa shape index (κ1) is 24.3. The van der Waals surface area contributed by atoms with E-state index in [-0.39, 0.29) is 34.5 Å². The van der Waals surface area contributed by atoms with E-state index in [2.05, 4.69) is 17.2 Å². The quantitative estimate of drug-likeness (QED) is 0.328. The topological polar surface area (TPSA) is 46.1 Å². The first-order chi connectivity index (χ1) is 12.6. The van der Waals surface area contributed by atoms with Crippen molar-refractivity contribution in [3.05, 3.63) is 30.1 Å². The number of nitrogens with zero attached hydrogens (tertiary/aromatic N) is 2. The van der Waals surface area contributed by atoms with Crippen LogP contribution in [0.25, 0.3) is 0 Å². The molecule has 0 bridgehead atoms. The van der Waals surface area contributed by atoms with Crippen molar-refractivity contribution in [1.82, 2.24) is 10.2 Å². The molecule has 0 saturated carbocycles. The number of aliphatic imine (C=N–C) groups is 1. The maximum atomic E-state index is 12.9. The minimum atomic E-state index is -0.258. The molecule has 5 nitrogen and oxygen atoms in total. The van der Waals surface area contributed by atoms with E-state index in [4.69, 9.17) is 9.47 Å². The summed E-state index contributed by atoms with van der Waals surface area (Å²) in [5.74, 6) is 2.37. The largest absolute Gasteiger partial charge is 0.492 e. The molecule has 0 aliphatic carbocycles. The Kier molecular flexibility index (Phi) is 11.4. The molecule has 1 aromatic carbocycles. The number of thioether (sulfide) groups is 1. The summed E-state index contributed by atoms with van der Waals surface area (Å²) in [7, 11) is 3.79. The molecular weight excluding hydrogens is 480 g/mol. The Morgan fingerprint density at radius 2 is 2.00 bits per heavy atom. The van der Waals surface area contributed by atoms with Crippen LogP contribution in [0.5, 0.6) is 5.75 Å². The molecule has 154 valence electrons. The van der Waals surface area contributed by atoms with Gasteiger partial charge in [0.2, 0.25) is 0 Å². The number of ether oxygens (including phenoxy) is 2. The summed E-state index contributed by atoms with van der Waals surface area (Å²) in [6.07, 6.45) is 2.12. The van der Waals surface area contributed by atoms with Crippen LogP contribution in [0, 0.1) is 5.82 Å². The molecule has 1 aromatic rings. The predicted octanol–water partition coefficient (Wildman–Crippen LogP) is 3.63. The zero-order valence-electron chi connectivity index (χ0n) is 16.4. The Morgan fingerprint density at radius 3 is 2.59 bits per heavy atom. The SMILES string of the molecule is CCSC1(CNC(=NC)N(C)CCOc2ccc(F)cc2)CCOCC1.I. The minimum absolute atomic E-state index is 0. The number of nitrogens with one attached hydrogen (secondary N) is 1. The highest BCUT2D eigenvalue weighted by atomic mass is 127. The second-order valence-electron chi connectivity index (χ2n) is 6.35. The number of hydrogen-bond acceptors (Lipinski definition) is 4. The molecule has 0 unspecified atom stereocenters. The molecule has 1 saturated heterocycles. The number of likely N-dealkylation sites (N-methyl/N-ethyl adjacent to an activating group) is 1. The van der Waals surface area contributed by atoms with E-state index in [9.17, 15) is 4.39 Å². The second-order valence-corrected chi connectivity index (χ2v) is 8.09. The highest BCUT2D eigenvalue weighted by molar-refractivity contribution is 14.0. The zero-order valence-corrected chi connectivity index (χ0v) is 19.5. The Morgan fingerprint density at radius 1 is 1.33 bits per heavy atom. The van der Waals surface area contributed by atoms with Gasteiger partial charge in [-0.3, -0.25) is 4.99 Å². The fourth-order valence-electron chi connectivity index (χ4n) is 2.98. The van der Waals surface area contributed by atoms with Crippen molar-refractivity contribution in [2.75, 3.05) is 52.8 Å². The lowest BCUT2D eigenvalue weighted by molar-refractivity contribution is 0.0780. The predicted molar refractivity (Wildman–Crippen MR) is 122 cm³/mol. The van der Waals surface area contributed by atoms with Gasteiger partial charge in [0.15, 0.2) is 5.96 Å². The van der Waals surface area contributed by atoms with Crippen molar-refractivity contribution in [2.45, 2.75) is 24.5 Å². The molecule has 0 aromatic heterocycles. The van der Waals surface area contributed by atoms with Crippen LogP contribution in [-0.4, -0.2) is 68.4 Å². The molecule has 8 heteroatoms. The molecule has 27 heavy (non-hydrogen) atoms. The van der Waals surface area contributed by atoms with Crippen molar-refractivity contribution in [3.63, 3.8) is 0 Å². The highest BCUT2D eigenvalue weighted by Gasteiger charge is 2.32. The molecule has 1 heterocycles. The summed E-state index contributed by atoms with van der Waals surface area (Å²) < 4.78 is 24.3. The van der Waals surface area contributed by atoms with Gasteiger partial charge in [0, 0.05) is 38.6 Å². The fourth-order valence-corrected chi connectivity index (χ4v) is 4.23. The van der Waals surface area contributed by atoms with Gasteiger partial charge in [-0.2, -0.15) is 11.8 Å². The normalized spacial score (nSPS) is 16.4. The zero-order chi connectivity index (χ0) is 18.8. The number of rotatable bonds is 8. The first-order valence-electron chi connectivity index (χ1n) is 9.10. The van der Waals surface area contributed by atoms with Gasteiger partial charge in [0.05, 0.1) is 6.54 Å². The molecule has 0 spiro atoms. The number of hydrogen-bond donors (Lipinski definition) is 1. The summed E-state index contributed by atoms with van der Waals surface area (Å²) in [4.78, 5) is 6.44. The fraction of sp³-hybridized carbons (Fsp3) is 0.632. The van der Waals surface area contributed by atoms with Crippen LogP contribution in [0.4, 0.5) is 4.39 Å². The van der Waals surface area contributed by atoms with Crippen molar-refractivity contribution in [1.29, 1.82) is 0 Å². The van der Waals surface area contributed by atoms with E-state index in [1.54, 1.807) is 19.2 Å². The number of guanidine groups is 1. The second kappa shape index (κ2) is 12.7. The highest BCUT2D eigenvalue weighted by Crippen LogP contribution is 2.34. The van der Waals surface area contributed by atoms with Crippen LogP contribution in [-0.2, 0) is 4.74 Å². The summed E-state index contributed by atoms with van der Waals surface area (Å²) in [6.45, 7) is 5.93. The molecule has 2 rings (SSSR count). The van der Waals surface area contributed by atoms with Crippen molar-refractivity contribution in [2.24, 2.45) is 4.99 Å². The molecule has 1 aliphatic rings. The number of benzene rings is 1. The van der Waals surface area contributed by atoms with E-state index < -0.39 is 0 Å². The molecule has 0 radical (unpaired) electrons.